The normalized spacial score (nSPS) is 12.1. The van der Waals surface area contributed by atoms with Crippen LogP contribution in [0.25, 0.3) is 21.8 Å². The number of benzene rings is 2. The van der Waals surface area contributed by atoms with Crippen molar-refractivity contribution >= 4 is 45.5 Å². The second-order valence-electron chi connectivity index (χ2n) is 11.6. The Bertz CT molecular complexity index is 1650. The Labute approximate surface area is 250 Å². The Morgan fingerprint density at radius 3 is 2.51 bits per heavy atom. The molecule has 0 aliphatic carbocycles. The fourth-order valence-electron chi connectivity index (χ4n) is 4.85. The fourth-order valence-corrected chi connectivity index (χ4v) is 4.85. The van der Waals surface area contributed by atoms with Crippen LogP contribution in [0.4, 0.5) is 15.3 Å². The largest absolute Gasteiger partial charge is 0.444 e. The summed E-state index contributed by atoms with van der Waals surface area (Å²) in [5, 5.41) is 13.2. The highest BCUT2D eigenvalue weighted by Gasteiger charge is 2.21. The Hall–Kier alpha value is -4.80. The number of hydrogen-bond acceptors (Lipinski definition) is 5. The number of hydrogen-bond donors (Lipinski definition) is 6. The van der Waals surface area contributed by atoms with E-state index in [1.165, 1.54) is 6.07 Å². The highest BCUT2D eigenvalue weighted by Crippen LogP contribution is 2.20. The van der Waals surface area contributed by atoms with E-state index in [0.717, 1.165) is 27.4 Å². The van der Waals surface area contributed by atoms with Gasteiger partial charge in [-0.3, -0.25) is 9.59 Å². The second kappa shape index (κ2) is 13.9. The molecular weight excluding hydrogens is 548 g/mol. The van der Waals surface area contributed by atoms with E-state index in [1.54, 1.807) is 32.9 Å². The molecule has 1 atom stereocenters. The molecule has 0 radical (unpaired) electrons. The van der Waals surface area contributed by atoms with E-state index in [2.05, 4.69) is 31.2 Å². The summed E-state index contributed by atoms with van der Waals surface area (Å²) in [6.07, 6.45) is 3.56. The highest BCUT2D eigenvalue weighted by atomic mass is 16.6. The van der Waals surface area contributed by atoms with Gasteiger partial charge in [0.2, 0.25) is 11.5 Å². The number of aryl methyl sites for hydroxylation is 1. The number of fused-ring (bicyclic) bond motifs is 2. The maximum atomic E-state index is 13.3. The number of carbonyl (C=O) groups is 3. The van der Waals surface area contributed by atoms with E-state index in [-0.39, 0.29) is 11.5 Å². The summed E-state index contributed by atoms with van der Waals surface area (Å²) < 4.78 is 5.25. The SMILES string of the molecule is Cc1cc(=O)[nH]c2cc(NC(=O)[C@H](CCCCNC(=O)OC(C)(C)C)NC(=O)NCCc3c[nH]c4ccccc34)ccc12. The van der Waals surface area contributed by atoms with Gasteiger partial charge in [-0.15, -0.1) is 0 Å². The third-order valence-corrected chi connectivity index (χ3v) is 6.88. The van der Waals surface area contributed by atoms with Crippen LogP contribution in [-0.2, 0) is 16.0 Å². The summed E-state index contributed by atoms with van der Waals surface area (Å²) in [5.74, 6) is -0.388. The number of anilines is 1. The van der Waals surface area contributed by atoms with E-state index < -0.39 is 23.8 Å². The van der Waals surface area contributed by atoms with E-state index in [4.69, 9.17) is 4.74 Å². The topological polar surface area (TPSA) is 157 Å². The molecule has 2 aromatic carbocycles. The van der Waals surface area contributed by atoms with Crippen molar-refractivity contribution in [1.29, 1.82) is 0 Å². The van der Waals surface area contributed by atoms with E-state index in [1.807, 2.05) is 43.5 Å². The maximum Gasteiger partial charge on any atom is 0.407 e. The number of aromatic nitrogens is 2. The smallest absolute Gasteiger partial charge is 0.407 e. The summed E-state index contributed by atoms with van der Waals surface area (Å²) in [6, 6.07) is 13.5. The Morgan fingerprint density at radius 2 is 1.72 bits per heavy atom. The average Bonchev–Trinajstić information content (AvgIpc) is 3.34. The molecule has 11 nitrogen and oxygen atoms in total. The Kier molecular flexibility index (Phi) is 10.1. The number of aromatic amines is 2. The molecule has 43 heavy (non-hydrogen) atoms. The Morgan fingerprint density at radius 1 is 0.930 bits per heavy atom. The van der Waals surface area contributed by atoms with Crippen LogP contribution in [0.5, 0.6) is 0 Å². The van der Waals surface area contributed by atoms with Crippen LogP contribution in [-0.4, -0.2) is 52.7 Å². The minimum absolute atomic E-state index is 0.225. The van der Waals surface area contributed by atoms with Crippen molar-refractivity contribution in [2.24, 2.45) is 0 Å². The lowest BCUT2D eigenvalue weighted by molar-refractivity contribution is -0.118. The summed E-state index contributed by atoms with van der Waals surface area (Å²) in [5.41, 5.74) is 3.25. The number of alkyl carbamates (subject to hydrolysis) is 1. The van der Waals surface area contributed by atoms with E-state index in [0.29, 0.717) is 50.0 Å². The van der Waals surface area contributed by atoms with Crippen LogP contribution in [0.3, 0.4) is 0 Å². The lowest BCUT2D eigenvalue weighted by Gasteiger charge is -2.20. The summed E-state index contributed by atoms with van der Waals surface area (Å²) in [4.78, 5) is 56.1. The Balaban J connectivity index is 1.35. The first-order chi connectivity index (χ1) is 20.5. The first-order valence-corrected chi connectivity index (χ1v) is 14.5. The predicted octanol–water partition coefficient (Wildman–Crippen LogP) is 4.86. The van der Waals surface area contributed by atoms with Crippen molar-refractivity contribution in [3.05, 3.63) is 76.2 Å². The molecule has 11 heteroatoms. The van der Waals surface area contributed by atoms with Crippen molar-refractivity contribution in [3.63, 3.8) is 0 Å². The van der Waals surface area contributed by atoms with Crippen molar-refractivity contribution in [2.75, 3.05) is 18.4 Å². The van der Waals surface area contributed by atoms with Crippen molar-refractivity contribution < 1.29 is 19.1 Å². The van der Waals surface area contributed by atoms with Gasteiger partial charge in [-0.05, 0) is 82.7 Å². The minimum Gasteiger partial charge on any atom is -0.444 e. The highest BCUT2D eigenvalue weighted by molar-refractivity contribution is 5.98. The zero-order valence-electron chi connectivity index (χ0n) is 25.1. The van der Waals surface area contributed by atoms with Gasteiger partial charge in [0.15, 0.2) is 0 Å². The molecule has 0 aliphatic rings. The third kappa shape index (κ3) is 9.09. The molecule has 0 aliphatic heterocycles. The molecular formula is C32H40N6O5. The van der Waals surface area contributed by atoms with Crippen LogP contribution in [0.1, 0.15) is 51.2 Å². The molecule has 4 aromatic rings. The van der Waals surface area contributed by atoms with E-state index in [9.17, 15) is 19.2 Å². The maximum absolute atomic E-state index is 13.3. The first kappa shape index (κ1) is 31.1. The number of H-pyrrole nitrogens is 2. The van der Waals surface area contributed by atoms with Crippen molar-refractivity contribution in [1.82, 2.24) is 25.9 Å². The van der Waals surface area contributed by atoms with Gasteiger partial charge in [-0.25, -0.2) is 9.59 Å². The molecule has 0 fully saturated rings. The number of rotatable bonds is 11. The fraction of sp³-hybridized carbons (Fsp3) is 0.375. The number of amides is 4. The lowest BCUT2D eigenvalue weighted by Crippen LogP contribution is -2.48. The van der Waals surface area contributed by atoms with Gasteiger partial charge >= 0.3 is 12.1 Å². The number of carbonyl (C=O) groups excluding carboxylic acids is 3. The number of para-hydroxylation sites is 1. The standard InChI is InChI=1S/C32H40N6O5/c1-20-17-28(39)37-27-18-22(12-13-23(20)27)36-29(40)26(11-7-8-15-34-31(42)43-32(2,3)4)38-30(41)33-16-14-21-19-35-25-10-6-5-9-24(21)25/h5-6,9-10,12-13,17-19,26,35H,7-8,11,14-16H2,1-4H3,(H,34,42)(H,36,40)(H,37,39)(H2,33,38,41)/t26-/m0/s1. The molecule has 2 heterocycles. The number of ether oxygens (including phenoxy) is 1. The lowest BCUT2D eigenvalue weighted by atomic mass is 10.1. The summed E-state index contributed by atoms with van der Waals surface area (Å²) >= 11 is 0. The van der Waals surface area contributed by atoms with Crippen LogP contribution < -0.4 is 26.8 Å². The number of nitrogens with one attached hydrogen (secondary N) is 6. The number of urea groups is 1. The van der Waals surface area contributed by atoms with Crippen LogP contribution in [0.15, 0.2) is 59.5 Å². The molecule has 228 valence electrons. The van der Waals surface area contributed by atoms with Gasteiger partial charge in [0.05, 0.1) is 5.52 Å². The minimum atomic E-state index is -0.832. The van der Waals surface area contributed by atoms with E-state index >= 15 is 0 Å². The second-order valence-corrected chi connectivity index (χ2v) is 11.6. The van der Waals surface area contributed by atoms with Gasteiger partial charge in [0.25, 0.3) is 0 Å². The molecule has 6 N–H and O–H groups in total. The van der Waals surface area contributed by atoms with Crippen molar-refractivity contribution in [3.8, 4) is 0 Å². The van der Waals surface area contributed by atoms with Gasteiger partial charge < -0.3 is 36.0 Å². The quantitative estimate of drug-likeness (QED) is 0.138. The van der Waals surface area contributed by atoms with Gasteiger partial charge in [0.1, 0.15) is 11.6 Å². The zero-order valence-corrected chi connectivity index (χ0v) is 25.1. The molecule has 4 rings (SSSR count). The molecule has 2 aromatic heterocycles. The van der Waals surface area contributed by atoms with Gasteiger partial charge in [0, 0.05) is 47.3 Å². The monoisotopic (exact) mass is 588 g/mol. The molecule has 0 unspecified atom stereocenters. The number of unbranched alkanes of at least 4 members (excludes halogenated alkanes) is 1. The molecule has 0 saturated carbocycles. The summed E-state index contributed by atoms with van der Waals surface area (Å²) in [6.45, 7) is 7.99. The average molecular weight is 589 g/mol. The predicted molar refractivity (Wildman–Crippen MR) is 168 cm³/mol. The van der Waals surface area contributed by atoms with Crippen LogP contribution in [0, 0.1) is 6.92 Å². The van der Waals surface area contributed by atoms with Gasteiger partial charge in [-0.2, -0.15) is 0 Å². The molecule has 0 saturated heterocycles. The van der Waals surface area contributed by atoms with Gasteiger partial charge in [-0.1, -0.05) is 24.3 Å². The number of pyridine rings is 1. The third-order valence-electron chi connectivity index (χ3n) is 6.88. The van der Waals surface area contributed by atoms with Crippen molar-refractivity contribution in [2.45, 2.75) is 65.0 Å². The van der Waals surface area contributed by atoms with Crippen LogP contribution >= 0.6 is 0 Å². The zero-order chi connectivity index (χ0) is 31.0. The summed E-state index contributed by atoms with van der Waals surface area (Å²) in [7, 11) is 0. The first-order valence-electron chi connectivity index (χ1n) is 14.5. The molecule has 4 amide bonds. The molecule has 0 bridgehead atoms. The molecule has 0 spiro atoms. The van der Waals surface area contributed by atoms with Crippen LogP contribution in [0.2, 0.25) is 0 Å².